The number of benzene rings is 2. The van der Waals surface area contributed by atoms with Crippen LogP contribution in [0.5, 0.6) is 0 Å². The van der Waals surface area contributed by atoms with Gasteiger partial charge < -0.3 is 10.2 Å². The van der Waals surface area contributed by atoms with Crippen LogP contribution in [0.15, 0.2) is 54.7 Å². The number of nitrogens with zero attached hydrogens (tertiary/aromatic N) is 4. The van der Waals surface area contributed by atoms with Gasteiger partial charge in [-0.25, -0.2) is 4.68 Å². The molecule has 0 aliphatic carbocycles. The fourth-order valence-corrected chi connectivity index (χ4v) is 3.90. The lowest BCUT2D eigenvalue weighted by molar-refractivity contribution is -0.143. The van der Waals surface area contributed by atoms with E-state index in [2.05, 4.69) is 27.3 Å². The molecular formula is C23H23ClF3N5O. The molecule has 33 heavy (non-hydrogen) atoms. The van der Waals surface area contributed by atoms with Gasteiger partial charge in [-0.3, -0.25) is 9.69 Å². The first kappa shape index (κ1) is 23.3. The van der Waals surface area contributed by atoms with E-state index in [0.717, 1.165) is 37.9 Å². The minimum Gasteiger partial charge on any atom is -0.322 e. The van der Waals surface area contributed by atoms with Crippen LogP contribution >= 0.6 is 11.6 Å². The van der Waals surface area contributed by atoms with Crippen LogP contribution in [-0.4, -0.2) is 58.7 Å². The van der Waals surface area contributed by atoms with Crippen LogP contribution in [0, 0.1) is 0 Å². The average molecular weight is 478 g/mol. The molecule has 0 spiro atoms. The fraction of sp³-hybridized carbons (Fsp3) is 0.304. The van der Waals surface area contributed by atoms with Crippen molar-refractivity contribution in [2.24, 2.45) is 0 Å². The number of rotatable bonds is 5. The predicted molar refractivity (Wildman–Crippen MR) is 121 cm³/mol. The summed E-state index contributed by atoms with van der Waals surface area (Å²) in [5.41, 5.74) is -0.137. The maximum absolute atomic E-state index is 13.9. The minimum absolute atomic E-state index is 0.153. The fourth-order valence-electron chi connectivity index (χ4n) is 3.78. The Morgan fingerprint density at radius 2 is 1.79 bits per heavy atom. The van der Waals surface area contributed by atoms with Gasteiger partial charge in [0.25, 0.3) is 5.91 Å². The highest BCUT2D eigenvalue weighted by Gasteiger charge is 2.40. The van der Waals surface area contributed by atoms with Crippen molar-refractivity contribution in [2.75, 3.05) is 38.5 Å². The number of carbonyl (C=O) groups is 1. The van der Waals surface area contributed by atoms with Gasteiger partial charge in [0.05, 0.1) is 17.4 Å². The second-order valence-electron chi connectivity index (χ2n) is 8.03. The minimum atomic E-state index is -4.79. The number of alkyl halides is 3. The molecule has 1 aliphatic heterocycles. The van der Waals surface area contributed by atoms with Crippen LogP contribution in [0.1, 0.15) is 21.6 Å². The van der Waals surface area contributed by atoms with Crippen LogP contribution in [0.25, 0.3) is 5.69 Å². The Balaban J connectivity index is 1.55. The number of likely N-dealkylation sites (N-methyl/N-ethyl adjacent to an activating group) is 1. The largest absolute Gasteiger partial charge is 0.434 e. The van der Waals surface area contributed by atoms with Crippen molar-refractivity contribution < 1.29 is 18.0 Å². The highest BCUT2D eigenvalue weighted by atomic mass is 35.5. The first-order chi connectivity index (χ1) is 15.7. The molecule has 0 unspecified atom stereocenters. The van der Waals surface area contributed by atoms with Gasteiger partial charge in [-0.1, -0.05) is 23.7 Å². The third-order valence-corrected chi connectivity index (χ3v) is 5.79. The SMILES string of the molecule is CN1CCN(Cc2cccc(NC(=O)c3cnn(-c4ccc(Cl)cc4)c3C(F)(F)F)c2)CC1. The van der Waals surface area contributed by atoms with Gasteiger partial charge in [-0.05, 0) is 49.0 Å². The third kappa shape index (κ3) is 5.55. The molecule has 0 saturated carbocycles. The van der Waals surface area contributed by atoms with Crippen LogP contribution in [0.2, 0.25) is 5.02 Å². The Morgan fingerprint density at radius 3 is 2.45 bits per heavy atom. The number of hydrogen-bond acceptors (Lipinski definition) is 4. The molecule has 0 bridgehead atoms. The van der Waals surface area contributed by atoms with E-state index in [0.29, 0.717) is 21.9 Å². The van der Waals surface area contributed by atoms with Gasteiger partial charge in [-0.15, -0.1) is 0 Å². The highest BCUT2D eigenvalue weighted by Crippen LogP contribution is 2.34. The topological polar surface area (TPSA) is 53.4 Å². The maximum Gasteiger partial charge on any atom is 0.434 e. The van der Waals surface area contributed by atoms with Gasteiger partial charge in [0.2, 0.25) is 0 Å². The first-order valence-corrected chi connectivity index (χ1v) is 10.8. The normalized spacial score (nSPS) is 15.5. The summed E-state index contributed by atoms with van der Waals surface area (Å²) >= 11 is 5.83. The molecular weight excluding hydrogens is 455 g/mol. The van der Waals surface area contributed by atoms with E-state index in [1.807, 2.05) is 6.07 Å². The monoisotopic (exact) mass is 477 g/mol. The Labute approximate surface area is 194 Å². The van der Waals surface area contributed by atoms with Crippen molar-refractivity contribution in [1.29, 1.82) is 0 Å². The number of piperazine rings is 1. The number of aromatic nitrogens is 2. The van der Waals surface area contributed by atoms with Gasteiger partial charge in [0, 0.05) is 43.4 Å². The van der Waals surface area contributed by atoms with E-state index < -0.39 is 23.3 Å². The quantitative estimate of drug-likeness (QED) is 0.586. The highest BCUT2D eigenvalue weighted by molar-refractivity contribution is 6.30. The summed E-state index contributed by atoms with van der Waals surface area (Å²) in [6.45, 7) is 4.54. The van der Waals surface area contributed by atoms with Crippen molar-refractivity contribution in [3.05, 3.63) is 76.6 Å². The summed E-state index contributed by atoms with van der Waals surface area (Å²) in [4.78, 5) is 17.4. The van der Waals surface area contributed by atoms with E-state index >= 15 is 0 Å². The summed E-state index contributed by atoms with van der Waals surface area (Å²) in [6, 6.07) is 12.9. The Kier molecular flexibility index (Phi) is 6.73. The van der Waals surface area contributed by atoms with E-state index in [-0.39, 0.29) is 5.69 Å². The van der Waals surface area contributed by atoms with Gasteiger partial charge in [0.1, 0.15) is 0 Å². The molecule has 0 radical (unpaired) electrons. The zero-order chi connectivity index (χ0) is 23.6. The summed E-state index contributed by atoms with van der Waals surface area (Å²) in [5.74, 6) is -0.876. The molecule has 2 aromatic carbocycles. The number of carbonyl (C=O) groups excluding carboxylic acids is 1. The number of amides is 1. The maximum atomic E-state index is 13.9. The number of hydrogen-bond donors (Lipinski definition) is 1. The van der Waals surface area contributed by atoms with Crippen molar-refractivity contribution in [3.63, 3.8) is 0 Å². The molecule has 1 fully saturated rings. The van der Waals surface area contributed by atoms with Crippen LogP contribution in [0.3, 0.4) is 0 Å². The Hall–Kier alpha value is -2.88. The van der Waals surface area contributed by atoms with E-state index in [1.54, 1.807) is 18.2 Å². The summed E-state index contributed by atoms with van der Waals surface area (Å²) in [5, 5.41) is 6.80. The summed E-state index contributed by atoms with van der Waals surface area (Å²) < 4.78 is 42.4. The van der Waals surface area contributed by atoms with E-state index in [9.17, 15) is 18.0 Å². The Bertz CT molecular complexity index is 1120. The van der Waals surface area contributed by atoms with Crippen molar-refractivity contribution >= 4 is 23.2 Å². The number of anilines is 1. The standard InChI is InChI=1S/C23H23ClF3N5O/c1-30-9-11-31(12-10-30)15-16-3-2-4-18(13-16)29-22(33)20-14-28-32(21(20)23(25,26)27)19-7-5-17(24)6-8-19/h2-8,13-14H,9-12,15H2,1H3,(H,29,33). The number of halogens is 4. The molecule has 1 aromatic heterocycles. The molecule has 10 heteroatoms. The molecule has 1 N–H and O–H groups in total. The molecule has 2 heterocycles. The van der Waals surface area contributed by atoms with E-state index in [4.69, 9.17) is 11.6 Å². The Morgan fingerprint density at radius 1 is 1.09 bits per heavy atom. The molecule has 1 aliphatic rings. The molecule has 1 saturated heterocycles. The second-order valence-corrected chi connectivity index (χ2v) is 8.46. The van der Waals surface area contributed by atoms with Crippen LogP contribution in [0.4, 0.5) is 18.9 Å². The first-order valence-electron chi connectivity index (χ1n) is 10.4. The third-order valence-electron chi connectivity index (χ3n) is 5.54. The number of nitrogens with one attached hydrogen (secondary N) is 1. The molecule has 6 nitrogen and oxygen atoms in total. The van der Waals surface area contributed by atoms with Crippen molar-refractivity contribution in [3.8, 4) is 5.69 Å². The predicted octanol–water partition coefficient (Wildman–Crippen LogP) is 4.54. The second kappa shape index (κ2) is 9.54. The van der Waals surface area contributed by atoms with Crippen LogP contribution in [-0.2, 0) is 12.7 Å². The molecule has 3 aromatic rings. The lowest BCUT2D eigenvalue weighted by Gasteiger charge is -2.32. The zero-order valence-electron chi connectivity index (χ0n) is 17.9. The lowest BCUT2D eigenvalue weighted by Crippen LogP contribution is -2.43. The summed E-state index contributed by atoms with van der Waals surface area (Å²) in [7, 11) is 2.08. The van der Waals surface area contributed by atoms with Crippen molar-refractivity contribution in [2.45, 2.75) is 12.7 Å². The molecule has 4 rings (SSSR count). The van der Waals surface area contributed by atoms with Crippen LogP contribution < -0.4 is 5.32 Å². The molecule has 0 atom stereocenters. The summed E-state index contributed by atoms with van der Waals surface area (Å²) in [6.07, 6.45) is -3.85. The molecule has 1 amide bonds. The van der Waals surface area contributed by atoms with Gasteiger partial charge in [0.15, 0.2) is 5.69 Å². The lowest BCUT2D eigenvalue weighted by atomic mass is 10.1. The van der Waals surface area contributed by atoms with E-state index in [1.165, 1.54) is 24.3 Å². The van der Waals surface area contributed by atoms with Gasteiger partial charge in [-0.2, -0.15) is 18.3 Å². The van der Waals surface area contributed by atoms with Gasteiger partial charge >= 0.3 is 6.18 Å². The molecule has 174 valence electrons. The average Bonchev–Trinajstić information content (AvgIpc) is 3.22. The zero-order valence-corrected chi connectivity index (χ0v) is 18.7. The van der Waals surface area contributed by atoms with Crippen molar-refractivity contribution in [1.82, 2.24) is 19.6 Å². The smallest absolute Gasteiger partial charge is 0.322 e.